The maximum absolute atomic E-state index is 12.1. The average molecular weight is 378 g/mol. The first kappa shape index (κ1) is 23.2. The molecular formula is C22H35NO4. The van der Waals surface area contributed by atoms with Gasteiger partial charge in [-0.15, -0.1) is 0 Å². The van der Waals surface area contributed by atoms with Crippen molar-refractivity contribution in [1.82, 2.24) is 5.32 Å². The van der Waals surface area contributed by atoms with Gasteiger partial charge in [0.2, 0.25) is 0 Å². The SMILES string of the molecule is CCCCC[C@H](O)C=C[C@H]1C=CC(=O)[C@@H]1CC=CCCCCOC(=O)NC. The van der Waals surface area contributed by atoms with E-state index in [-0.39, 0.29) is 17.6 Å². The Morgan fingerprint density at radius 2 is 2.11 bits per heavy atom. The zero-order chi connectivity index (χ0) is 19.9. The molecule has 1 aliphatic rings. The molecule has 27 heavy (non-hydrogen) atoms. The number of amides is 1. The number of alkyl carbamates (subject to hydrolysis) is 1. The second kappa shape index (κ2) is 14.2. The molecule has 5 nitrogen and oxygen atoms in total. The topological polar surface area (TPSA) is 75.6 Å². The number of unbranched alkanes of at least 4 members (excludes halogenated alkanes) is 4. The summed E-state index contributed by atoms with van der Waals surface area (Å²) in [6.45, 7) is 2.57. The van der Waals surface area contributed by atoms with Gasteiger partial charge in [-0.25, -0.2) is 4.79 Å². The summed E-state index contributed by atoms with van der Waals surface area (Å²) in [7, 11) is 1.54. The lowest BCUT2D eigenvalue weighted by Crippen LogP contribution is -2.19. The minimum absolute atomic E-state index is 0.0584. The molecule has 1 amide bonds. The van der Waals surface area contributed by atoms with Crippen LogP contribution in [0.15, 0.2) is 36.5 Å². The van der Waals surface area contributed by atoms with Crippen molar-refractivity contribution in [3.63, 3.8) is 0 Å². The molecule has 1 rings (SSSR count). The third kappa shape index (κ3) is 10.1. The number of rotatable bonds is 13. The summed E-state index contributed by atoms with van der Waals surface area (Å²) in [6, 6.07) is 0. The van der Waals surface area contributed by atoms with Crippen LogP contribution in [0.3, 0.4) is 0 Å². The fraction of sp³-hybridized carbons (Fsp3) is 0.636. The molecule has 2 N–H and O–H groups in total. The zero-order valence-corrected chi connectivity index (χ0v) is 16.7. The van der Waals surface area contributed by atoms with Crippen molar-refractivity contribution >= 4 is 11.9 Å². The number of carbonyl (C=O) groups is 2. The summed E-state index contributed by atoms with van der Waals surface area (Å²) in [5, 5.41) is 12.4. The minimum atomic E-state index is -0.422. The fourth-order valence-electron chi connectivity index (χ4n) is 3.04. The molecule has 0 aromatic rings. The molecular weight excluding hydrogens is 342 g/mol. The molecule has 0 fully saturated rings. The molecule has 152 valence electrons. The lowest BCUT2D eigenvalue weighted by Gasteiger charge is -2.13. The van der Waals surface area contributed by atoms with E-state index in [1.165, 1.54) is 0 Å². The Kier molecular flexibility index (Phi) is 12.2. The highest BCUT2D eigenvalue weighted by atomic mass is 16.5. The van der Waals surface area contributed by atoms with E-state index in [4.69, 9.17) is 4.74 Å². The Balaban J connectivity index is 2.27. The molecule has 1 aliphatic carbocycles. The molecule has 0 bridgehead atoms. The third-order valence-corrected chi connectivity index (χ3v) is 4.73. The highest BCUT2D eigenvalue weighted by Gasteiger charge is 2.27. The number of nitrogens with one attached hydrogen (secondary N) is 1. The van der Waals surface area contributed by atoms with Crippen molar-refractivity contribution in [2.45, 2.75) is 64.4 Å². The average Bonchev–Trinajstić information content (AvgIpc) is 3.01. The van der Waals surface area contributed by atoms with Crippen LogP contribution in [-0.4, -0.2) is 36.7 Å². The summed E-state index contributed by atoms with van der Waals surface area (Å²) in [4.78, 5) is 23.0. The summed E-state index contributed by atoms with van der Waals surface area (Å²) in [6.07, 6.45) is 18.2. The van der Waals surface area contributed by atoms with Crippen LogP contribution < -0.4 is 5.32 Å². The number of hydrogen-bond acceptors (Lipinski definition) is 4. The second-order valence-corrected chi connectivity index (χ2v) is 6.98. The first-order valence-electron chi connectivity index (χ1n) is 10.2. The smallest absolute Gasteiger partial charge is 0.406 e. The summed E-state index contributed by atoms with van der Waals surface area (Å²) < 4.78 is 4.93. The standard InChI is InChI=1S/C22H35NO4/c1-3-4-8-11-19(24)15-13-18-14-16-21(25)20(18)12-9-6-5-7-10-17-27-22(26)23-2/h6,9,13-16,18-20,24H,3-5,7-8,10-12,17H2,1-2H3,(H,23,26)/t18-,19-,20+/m0/s1. The van der Waals surface area contributed by atoms with Crippen molar-refractivity contribution in [2.75, 3.05) is 13.7 Å². The van der Waals surface area contributed by atoms with Crippen molar-refractivity contribution in [1.29, 1.82) is 0 Å². The number of allylic oxidation sites excluding steroid dienone is 5. The van der Waals surface area contributed by atoms with E-state index in [1.54, 1.807) is 13.1 Å². The van der Waals surface area contributed by atoms with Gasteiger partial charge in [-0.3, -0.25) is 4.79 Å². The van der Waals surface area contributed by atoms with Crippen molar-refractivity contribution in [3.8, 4) is 0 Å². The molecule has 0 radical (unpaired) electrons. The van der Waals surface area contributed by atoms with Crippen molar-refractivity contribution < 1.29 is 19.4 Å². The molecule has 0 unspecified atom stereocenters. The van der Waals surface area contributed by atoms with Crippen LogP contribution in [0, 0.1) is 11.8 Å². The summed E-state index contributed by atoms with van der Waals surface area (Å²) in [5.41, 5.74) is 0. The van der Waals surface area contributed by atoms with Crippen LogP contribution >= 0.6 is 0 Å². The van der Waals surface area contributed by atoms with Crippen LogP contribution in [0.1, 0.15) is 58.3 Å². The maximum Gasteiger partial charge on any atom is 0.406 e. The van der Waals surface area contributed by atoms with Gasteiger partial charge in [-0.05, 0) is 38.2 Å². The Hall–Kier alpha value is -1.88. The van der Waals surface area contributed by atoms with Crippen LogP contribution in [0.25, 0.3) is 0 Å². The first-order chi connectivity index (χ1) is 13.1. The van der Waals surface area contributed by atoms with Gasteiger partial charge in [0.1, 0.15) is 0 Å². The molecule has 3 atom stereocenters. The van der Waals surface area contributed by atoms with Gasteiger partial charge in [0.25, 0.3) is 0 Å². The second-order valence-electron chi connectivity index (χ2n) is 6.98. The van der Waals surface area contributed by atoms with Crippen molar-refractivity contribution in [2.24, 2.45) is 11.8 Å². The van der Waals surface area contributed by atoms with E-state index in [0.29, 0.717) is 13.0 Å². The number of hydrogen-bond donors (Lipinski definition) is 2. The van der Waals surface area contributed by atoms with Gasteiger partial charge in [0, 0.05) is 18.9 Å². The molecule has 0 saturated carbocycles. The van der Waals surface area contributed by atoms with Crippen LogP contribution in [0.2, 0.25) is 0 Å². The van der Waals surface area contributed by atoms with E-state index in [2.05, 4.69) is 24.4 Å². The number of ketones is 1. The van der Waals surface area contributed by atoms with E-state index in [0.717, 1.165) is 44.9 Å². The van der Waals surface area contributed by atoms with Crippen LogP contribution in [0.5, 0.6) is 0 Å². The normalized spacial score (nSPS) is 20.6. The Bertz CT molecular complexity index is 524. The largest absolute Gasteiger partial charge is 0.450 e. The number of carbonyl (C=O) groups excluding carboxylic acids is 2. The highest BCUT2D eigenvalue weighted by molar-refractivity contribution is 5.95. The van der Waals surface area contributed by atoms with E-state index >= 15 is 0 Å². The number of ether oxygens (including phenoxy) is 1. The number of aliphatic hydroxyl groups excluding tert-OH is 1. The third-order valence-electron chi connectivity index (χ3n) is 4.73. The minimum Gasteiger partial charge on any atom is -0.450 e. The predicted molar refractivity (Wildman–Crippen MR) is 108 cm³/mol. The lowest BCUT2D eigenvalue weighted by molar-refractivity contribution is -0.117. The Labute approximate surface area is 163 Å². The van der Waals surface area contributed by atoms with Gasteiger partial charge in [0.15, 0.2) is 5.78 Å². The monoisotopic (exact) mass is 377 g/mol. The van der Waals surface area contributed by atoms with Gasteiger partial charge in [0.05, 0.1) is 12.7 Å². The molecule has 0 aliphatic heterocycles. The molecule has 0 spiro atoms. The van der Waals surface area contributed by atoms with E-state index < -0.39 is 12.2 Å². The van der Waals surface area contributed by atoms with Gasteiger partial charge >= 0.3 is 6.09 Å². The van der Waals surface area contributed by atoms with Crippen molar-refractivity contribution in [3.05, 3.63) is 36.5 Å². The predicted octanol–water partition coefficient (Wildman–Crippen LogP) is 4.33. The van der Waals surface area contributed by atoms with Gasteiger partial charge in [-0.2, -0.15) is 0 Å². The molecule has 0 saturated heterocycles. The first-order valence-corrected chi connectivity index (χ1v) is 10.2. The molecule has 0 aromatic carbocycles. The summed E-state index contributed by atoms with van der Waals surface area (Å²) >= 11 is 0. The Morgan fingerprint density at radius 3 is 2.85 bits per heavy atom. The zero-order valence-electron chi connectivity index (χ0n) is 16.7. The van der Waals surface area contributed by atoms with E-state index in [9.17, 15) is 14.7 Å². The maximum atomic E-state index is 12.1. The van der Waals surface area contributed by atoms with Gasteiger partial charge < -0.3 is 15.2 Å². The molecule has 0 aromatic heterocycles. The van der Waals surface area contributed by atoms with Crippen LogP contribution in [-0.2, 0) is 9.53 Å². The van der Waals surface area contributed by atoms with Crippen LogP contribution in [0.4, 0.5) is 4.79 Å². The lowest BCUT2D eigenvalue weighted by atomic mass is 9.90. The van der Waals surface area contributed by atoms with Gasteiger partial charge in [-0.1, -0.05) is 56.6 Å². The molecule has 5 heteroatoms. The van der Waals surface area contributed by atoms with E-state index in [1.807, 2.05) is 18.2 Å². The molecule has 0 heterocycles. The summed E-state index contributed by atoms with van der Waals surface area (Å²) in [5.74, 6) is 0.176. The Morgan fingerprint density at radius 1 is 1.30 bits per heavy atom. The fourth-order valence-corrected chi connectivity index (χ4v) is 3.04. The number of aliphatic hydroxyl groups is 1. The quantitative estimate of drug-likeness (QED) is 0.370. The highest BCUT2D eigenvalue weighted by Crippen LogP contribution is 2.27.